The highest BCUT2D eigenvalue weighted by Crippen LogP contribution is 2.19. The topological polar surface area (TPSA) is 75.1 Å². The molecule has 0 aliphatic rings. The van der Waals surface area contributed by atoms with Crippen LogP contribution in [0.1, 0.15) is 17.3 Å². The molecule has 1 aromatic carbocycles. The number of aromatic amines is 1. The van der Waals surface area contributed by atoms with E-state index in [4.69, 9.17) is 0 Å². The molecule has 0 aliphatic heterocycles. The molecule has 17 heavy (non-hydrogen) atoms. The van der Waals surface area contributed by atoms with Crippen LogP contribution in [0.4, 0.5) is 11.5 Å². The summed E-state index contributed by atoms with van der Waals surface area (Å²) in [5.41, 5.74) is 0.0674. The Labute approximate surface area is 105 Å². The fourth-order valence-electron chi connectivity index (χ4n) is 1.39. The molecular formula is C11H9BrN2O3. The molecule has 0 spiro atoms. The van der Waals surface area contributed by atoms with Crippen molar-refractivity contribution in [3.05, 3.63) is 44.7 Å². The van der Waals surface area contributed by atoms with Gasteiger partial charge in [-0.3, -0.25) is 4.79 Å². The van der Waals surface area contributed by atoms with Gasteiger partial charge in [-0.25, -0.2) is 9.95 Å². The number of carbonyl (C=O) groups excluding carboxylic acids is 1. The number of carbonyl (C=O) groups is 1. The van der Waals surface area contributed by atoms with Crippen LogP contribution in [0.25, 0.3) is 0 Å². The molecule has 0 atom stereocenters. The van der Waals surface area contributed by atoms with Crippen LogP contribution in [0.15, 0.2) is 38.1 Å². The fraction of sp³-hybridized carbons (Fsp3) is 0.0909. The molecule has 0 saturated carbocycles. The summed E-state index contributed by atoms with van der Waals surface area (Å²) in [5.74, 6) is -0.0792. The van der Waals surface area contributed by atoms with Crippen LogP contribution in [0.5, 0.6) is 0 Å². The van der Waals surface area contributed by atoms with Gasteiger partial charge in [0.1, 0.15) is 5.56 Å². The van der Waals surface area contributed by atoms with E-state index in [1.165, 1.54) is 6.92 Å². The molecule has 2 aromatic rings. The van der Waals surface area contributed by atoms with Crippen LogP contribution in [-0.2, 0) is 0 Å². The van der Waals surface area contributed by atoms with Crippen molar-refractivity contribution >= 4 is 33.2 Å². The number of H-pyrrole nitrogens is 1. The van der Waals surface area contributed by atoms with E-state index >= 15 is 0 Å². The zero-order valence-electron chi connectivity index (χ0n) is 8.91. The van der Waals surface area contributed by atoms with Gasteiger partial charge in [0.2, 0.25) is 0 Å². The molecule has 6 heteroatoms. The second kappa shape index (κ2) is 4.58. The Hall–Kier alpha value is -1.82. The van der Waals surface area contributed by atoms with Crippen molar-refractivity contribution < 1.29 is 9.32 Å². The second-order valence-electron chi connectivity index (χ2n) is 3.43. The highest BCUT2D eigenvalue weighted by Gasteiger charge is 2.16. The number of anilines is 2. The number of hydrogen-bond acceptors (Lipinski definition) is 4. The largest absolute Gasteiger partial charge is 0.370 e. The number of ketones is 1. The van der Waals surface area contributed by atoms with Crippen LogP contribution in [-0.4, -0.2) is 10.9 Å². The highest BCUT2D eigenvalue weighted by molar-refractivity contribution is 9.10. The fourth-order valence-corrected chi connectivity index (χ4v) is 1.65. The Morgan fingerprint density at radius 1 is 1.35 bits per heavy atom. The van der Waals surface area contributed by atoms with Crippen molar-refractivity contribution in [2.24, 2.45) is 0 Å². The predicted molar refractivity (Wildman–Crippen MR) is 66.8 cm³/mol. The van der Waals surface area contributed by atoms with Crippen molar-refractivity contribution in [3.63, 3.8) is 0 Å². The molecule has 0 bridgehead atoms. The van der Waals surface area contributed by atoms with Crippen LogP contribution in [0.2, 0.25) is 0 Å². The second-order valence-corrected chi connectivity index (χ2v) is 4.35. The average molecular weight is 297 g/mol. The van der Waals surface area contributed by atoms with Gasteiger partial charge < -0.3 is 9.84 Å². The normalized spacial score (nSPS) is 10.2. The Bertz CT molecular complexity index is 598. The highest BCUT2D eigenvalue weighted by atomic mass is 79.9. The van der Waals surface area contributed by atoms with E-state index in [9.17, 15) is 9.59 Å². The Morgan fingerprint density at radius 3 is 2.59 bits per heavy atom. The molecular weight excluding hydrogens is 288 g/mol. The molecule has 0 unspecified atom stereocenters. The zero-order chi connectivity index (χ0) is 12.4. The van der Waals surface area contributed by atoms with Gasteiger partial charge in [0.25, 0.3) is 0 Å². The number of halogens is 1. The molecule has 5 nitrogen and oxygen atoms in total. The molecule has 2 N–H and O–H groups in total. The summed E-state index contributed by atoms with van der Waals surface area (Å²) in [4.78, 5) is 22.5. The standard InChI is InChI=1S/C11H9BrN2O3/c1-6(15)9-10(14-17-11(9)16)13-8-4-2-7(12)3-5-8/h2-5,13-14H,1H3. The number of nitrogens with one attached hydrogen (secondary N) is 2. The van der Waals surface area contributed by atoms with Gasteiger partial charge >= 0.3 is 5.63 Å². The number of rotatable bonds is 3. The maximum absolute atomic E-state index is 11.3. The summed E-state index contributed by atoms with van der Waals surface area (Å²) in [7, 11) is 0. The van der Waals surface area contributed by atoms with E-state index in [2.05, 4.69) is 30.9 Å². The van der Waals surface area contributed by atoms with Crippen molar-refractivity contribution in [2.75, 3.05) is 5.32 Å². The summed E-state index contributed by atoms with van der Waals surface area (Å²) in [6.45, 7) is 1.31. The molecule has 0 saturated heterocycles. The summed E-state index contributed by atoms with van der Waals surface area (Å²) in [5, 5.41) is 5.30. The molecule has 0 fully saturated rings. The smallest absolute Gasteiger partial charge is 0.339 e. The molecule has 0 aliphatic carbocycles. The summed E-state index contributed by atoms with van der Waals surface area (Å²) in [6.07, 6.45) is 0. The minimum absolute atomic E-state index is 0.00656. The van der Waals surface area contributed by atoms with E-state index in [1.54, 1.807) is 12.1 Å². The molecule has 1 heterocycles. The molecule has 0 radical (unpaired) electrons. The van der Waals surface area contributed by atoms with Crippen molar-refractivity contribution in [1.82, 2.24) is 5.16 Å². The van der Waals surface area contributed by atoms with Gasteiger partial charge in [0, 0.05) is 10.2 Å². The minimum Gasteiger partial charge on any atom is -0.339 e. The maximum Gasteiger partial charge on any atom is 0.370 e. The summed E-state index contributed by atoms with van der Waals surface area (Å²) >= 11 is 3.31. The van der Waals surface area contributed by atoms with Crippen molar-refractivity contribution in [3.8, 4) is 0 Å². The first kappa shape index (κ1) is 11.7. The maximum atomic E-state index is 11.3. The third-order valence-electron chi connectivity index (χ3n) is 2.17. The van der Waals surface area contributed by atoms with Gasteiger partial charge in [-0.15, -0.1) is 0 Å². The van der Waals surface area contributed by atoms with E-state index in [0.29, 0.717) is 0 Å². The van der Waals surface area contributed by atoms with Gasteiger partial charge in [-0.05, 0) is 31.2 Å². The van der Waals surface area contributed by atoms with E-state index in [-0.39, 0.29) is 17.2 Å². The Morgan fingerprint density at radius 2 is 2.00 bits per heavy atom. The lowest BCUT2D eigenvalue weighted by Crippen LogP contribution is -2.08. The molecule has 88 valence electrons. The van der Waals surface area contributed by atoms with Crippen molar-refractivity contribution in [1.29, 1.82) is 0 Å². The van der Waals surface area contributed by atoms with Gasteiger partial charge in [0.15, 0.2) is 11.6 Å². The molecule has 1 aromatic heterocycles. The Kier molecular flexibility index (Phi) is 3.14. The molecule has 0 amide bonds. The van der Waals surface area contributed by atoms with Gasteiger partial charge in [0.05, 0.1) is 0 Å². The van der Waals surface area contributed by atoms with E-state index in [0.717, 1.165) is 10.2 Å². The first-order valence-electron chi connectivity index (χ1n) is 4.83. The average Bonchev–Trinajstić information content (AvgIpc) is 2.63. The third kappa shape index (κ3) is 2.47. The van der Waals surface area contributed by atoms with Crippen LogP contribution >= 0.6 is 15.9 Å². The lowest BCUT2D eigenvalue weighted by molar-refractivity contribution is 0.101. The minimum atomic E-state index is -0.669. The Balaban J connectivity index is 2.33. The lowest BCUT2D eigenvalue weighted by atomic mass is 10.2. The summed E-state index contributed by atoms with van der Waals surface area (Å²) < 4.78 is 5.52. The number of hydrogen-bond donors (Lipinski definition) is 2. The van der Waals surface area contributed by atoms with Gasteiger partial charge in [-0.2, -0.15) is 0 Å². The first-order chi connectivity index (χ1) is 8.08. The first-order valence-corrected chi connectivity index (χ1v) is 5.62. The van der Waals surface area contributed by atoms with E-state index < -0.39 is 5.63 Å². The van der Waals surface area contributed by atoms with Crippen LogP contribution in [0.3, 0.4) is 0 Å². The molecule has 2 rings (SSSR count). The van der Waals surface area contributed by atoms with E-state index in [1.807, 2.05) is 12.1 Å². The van der Waals surface area contributed by atoms with Crippen molar-refractivity contribution in [2.45, 2.75) is 6.92 Å². The number of benzene rings is 1. The van der Waals surface area contributed by atoms with Gasteiger partial charge in [-0.1, -0.05) is 15.9 Å². The quantitative estimate of drug-likeness (QED) is 0.854. The SMILES string of the molecule is CC(=O)c1c(Nc2ccc(Br)cc2)[nH]oc1=O. The lowest BCUT2D eigenvalue weighted by Gasteiger charge is -2.03. The predicted octanol–water partition coefficient (Wildman–Crippen LogP) is 2.68. The van der Waals surface area contributed by atoms with Crippen LogP contribution < -0.4 is 10.9 Å². The zero-order valence-corrected chi connectivity index (χ0v) is 10.5. The number of aromatic nitrogens is 1. The monoisotopic (exact) mass is 296 g/mol. The third-order valence-corrected chi connectivity index (χ3v) is 2.69. The van der Waals surface area contributed by atoms with Crippen LogP contribution in [0, 0.1) is 0 Å². The number of Topliss-reactive ketones (excluding diaryl/α,β-unsaturated/α-hetero) is 1. The summed E-state index contributed by atoms with van der Waals surface area (Å²) in [6, 6.07) is 7.29.